The molecule has 0 saturated carbocycles. The SMILES string of the molecule is CCC(C)c1[nH]c(=O)c2ccccc2c1CN1CCC[C@H]1CO. The molecular formula is C19H26N2O2. The number of nitrogens with one attached hydrogen (secondary N) is 1. The Morgan fingerprint density at radius 1 is 1.35 bits per heavy atom. The normalized spacial score (nSPS) is 20.2. The van der Waals surface area contributed by atoms with Crippen molar-refractivity contribution in [3.8, 4) is 0 Å². The van der Waals surface area contributed by atoms with Gasteiger partial charge in [-0.2, -0.15) is 0 Å². The quantitative estimate of drug-likeness (QED) is 0.892. The Hall–Kier alpha value is -1.65. The molecule has 2 heterocycles. The maximum atomic E-state index is 12.4. The minimum absolute atomic E-state index is 0.000204. The fourth-order valence-electron chi connectivity index (χ4n) is 3.66. The molecule has 1 aliphatic heterocycles. The van der Waals surface area contributed by atoms with Gasteiger partial charge in [-0.1, -0.05) is 32.0 Å². The smallest absolute Gasteiger partial charge is 0.256 e. The molecule has 2 atom stereocenters. The van der Waals surface area contributed by atoms with E-state index in [1.807, 2.05) is 18.2 Å². The van der Waals surface area contributed by atoms with Crippen LogP contribution in [0.5, 0.6) is 0 Å². The Kier molecular flexibility index (Phi) is 4.83. The third-order valence-corrected chi connectivity index (χ3v) is 5.25. The molecule has 1 unspecified atom stereocenters. The summed E-state index contributed by atoms with van der Waals surface area (Å²) < 4.78 is 0. The van der Waals surface area contributed by atoms with Gasteiger partial charge in [0.25, 0.3) is 5.56 Å². The molecular weight excluding hydrogens is 288 g/mol. The Balaban J connectivity index is 2.12. The number of hydrogen-bond donors (Lipinski definition) is 2. The first-order chi connectivity index (χ1) is 11.2. The highest BCUT2D eigenvalue weighted by Crippen LogP contribution is 2.29. The van der Waals surface area contributed by atoms with E-state index in [4.69, 9.17) is 0 Å². The van der Waals surface area contributed by atoms with E-state index < -0.39 is 0 Å². The van der Waals surface area contributed by atoms with E-state index in [1.165, 1.54) is 5.56 Å². The Morgan fingerprint density at radius 3 is 2.78 bits per heavy atom. The number of benzene rings is 1. The third-order valence-electron chi connectivity index (χ3n) is 5.25. The summed E-state index contributed by atoms with van der Waals surface area (Å²) in [5, 5.41) is 11.4. The monoisotopic (exact) mass is 314 g/mol. The molecule has 1 aliphatic rings. The van der Waals surface area contributed by atoms with Gasteiger partial charge in [-0.3, -0.25) is 9.69 Å². The van der Waals surface area contributed by atoms with Crippen LogP contribution in [0.4, 0.5) is 0 Å². The van der Waals surface area contributed by atoms with Crippen LogP contribution in [-0.4, -0.2) is 34.2 Å². The molecule has 2 aromatic rings. The lowest BCUT2D eigenvalue weighted by Crippen LogP contribution is -2.32. The van der Waals surface area contributed by atoms with Gasteiger partial charge in [-0.15, -0.1) is 0 Å². The number of rotatable bonds is 5. The van der Waals surface area contributed by atoms with Crippen molar-refractivity contribution in [2.45, 2.75) is 51.6 Å². The van der Waals surface area contributed by atoms with E-state index >= 15 is 0 Å². The van der Waals surface area contributed by atoms with E-state index in [1.54, 1.807) is 0 Å². The van der Waals surface area contributed by atoms with Gasteiger partial charge in [0.1, 0.15) is 0 Å². The number of aromatic amines is 1. The molecule has 124 valence electrons. The first-order valence-electron chi connectivity index (χ1n) is 8.64. The minimum Gasteiger partial charge on any atom is -0.395 e. The molecule has 4 nitrogen and oxygen atoms in total. The van der Waals surface area contributed by atoms with Crippen LogP contribution in [0.1, 0.15) is 50.3 Å². The summed E-state index contributed by atoms with van der Waals surface area (Å²) in [7, 11) is 0. The van der Waals surface area contributed by atoms with Crippen molar-refractivity contribution in [3.05, 3.63) is 45.9 Å². The number of aliphatic hydroxyl groups excluding tert-OH is 1. The zero-order valence-corrected chi connectivity index (χ0v) is 14.0. The number of aromatic nitrogens is 1. The highest BCUT2D eigenvalue weighted by atomic mass is 16.3. The van der Waals surface area contributed by atoms with Gasteiger partial charge in [0.15, 0.2) is 0 Å². The van der Waals surface area contributed by atoms with Gasteiger partial charge in [-0.05, 0) is 48.7 Å². The molecule has 0 radical (unpaired) electrons. The van der Waals surface area contributed by atoms with Crippen LogP contribution in [0.3, 0.4) is 0 Å². The van der Waals surface area contributed by atoms with Gasteiger partial charge in [0.05, 0.1) is 6.61 Å². The van der Waals surface area contributed by atoms with Crippen LogP contribution in [-0.2, 0) is 6.54 Å². The number of fused-ring (bicyclic) bond motifs is 1. The second-order valence-electron chi connectivity index (χ2n) is 6.65. The van der Waals surface area contributed by atoms with Crippen LogP contribution in [0.15, 0.2) is 29.1 Å². The summed E-state index contributed by atoms with van der Waals surface area (Å²) in [6, 6.07) is 8.10. The number of likely N-dealkylation sites (tertiary alicyclic amines) is 1. The zero-order chi connectivity index (χ0) is 16.4. The number of H-pyrrole nitrogens is 1. The number of aliphatic hydroxyl groups is 1. The summed E-state index contributed by atoms with van der Waals surface area (Å²) in [4.78, 5) is 17.9. The molecule has 1 aromatic heterocycles. The van der Waals surface area contributed by atoms with Crippen LogP contribution in [0.2, 0.25) is 0 Å². The standard InChI is InChI=1S/C19H26N2O2/c1-3-13(2)18-17(11-21-10-6-7-14(21)12-22)15-8-4-5-9-16(15)19(23)20-18/h4-5,8-9,13-14,22H,3,6-7,10-12H2,1-2H3,(H,20,23)/t13?,14-/m0/s1. The number of nitrogens with zero attached hydrogens (tertiary/aromatic N) is 1. The van der Waals surface area contributed by atoms with Crippen LogP contribution >= 0.6 is 0 Å². The second-order valence-corrected chi connectivity index (χ2v) is 6.65. The van der Waals surface area contributed by atoms with Crippen molar-refractivity contribution < 1.29 is 5.11 Å². The van der Waals surface area contributed by atoms with E-state index in [0.717, 1.165) is 48.8 Å². The van der Waals surface area contributed by atoms with Crippen molar-refractivity contribution in [3.63, 3.8) is 0 Å². The molecule has 0 bridgehead atoms. The lowest BCUT2D eigenvalue weighted by Gasteiger charge is -2.26. The fraction of sp³-hybridized carbons (Fsp3) is 0.526. The van der Waals surface area contributed by atoms with Crippen molar-refractivity contribution in [1.82, 2.24) is 9.88 Å². The van der Waals surface area contributed by atoms with E-state index in [0.29, 0.717) is 5.92 Å². The van der Waals surface area contributed by atoms with Crippen molar-refractivity contribution >= 4 is 10.8 Å². The molecule has 0 amide bonds. The van der Waals surface area contributed by atoms with Crippen LogP contribution in [0, 0.1) is 0 Å². The maximum Gasteiger partial charge on any atom is 0.256 e. The molecule has 2 N–H and O–H groups in total. The van der Waals surface area contributed by atoms with Gasteiger partial charge in [0.2, 0.25) is 0 Å². The molecule has 4 heteroatoms. The van der Waals surface area contributed by atoms with E-state index in [-0.39, 0.29) is 18.2 Å². The molecule has 0 spiro atoms. The summed E-state index contributed by atoms with van der Waals surface area (Å²) in [5.74, 6) is 0.317. The van der Waals surface area contributed by atoms with Gasteiger partial charge >= 0.3 is 0 Å². The first-order valence-corrected chi connectivity index (χ1v) is 8.64. The third kappa shape index (κ3) is 3.06. The lowest BCUT2D eigenvalue weighted by molar-refractivity contribution is 0.153. The lowest BCUT2D eigenvalue weighted by atomic mass is 9.95. The molecule has 1 saturated heterocycles. The highest BCUT2D eigenvalue weighted by Gasteiger charge is 2.26. The van der Waals surface area contributed by atoms with Gasteiger partial charge < -0.3 is 10.1 Å². The van der Waals surface area contributed by atoms with Crippen LogP contribution < -0.4 is 5.56 Å². The van der Waals surface area contributed by atoms with Crippen molar-refractivity contribution in [1.29, 1.82) is 0 Å². The fourth-order valence-corrected chi connectivity index (χ4v) is 3.66. The molecule has 0 aliphatic carbocycles. The van der Waals surface area contributed by atoms with Crippen LogP contribution in [0.25, 0.3) is 10.8 Å². The average Bonchev–Trinajstić information content (AvgIpc) is 3.03. The van der Waals surface area contributed by atoms with Crippen molar-refractivity contribution in [2.75, 3.05) is 13.2 Å². The molecule has 1 fully saturated rings. The van der Waals surface area contributed by atoms with Gasteiger partial charge in [0, 0.05) is 23.7 Å². The summed E-state index contributed by atoms with van der Waals surface area (Å²) in [6.45, 7) is 6.33. The van der Waals surface area contributed by atoms with Crippen molar-refractivity contribution in [2.24, 2.45) is 0 Å². The maximum absolute atomic E-state index is 12.4. The Bertz CT molecular complexity index is 738. The summed E-state index contributed by atoms with van der Waals surface area (Å²) in [5.41, 5.74) is 2.27. The summed E-state index contributed by atoms with van der Waals surface area (Å²) >= 11 is 0. The Morgan fingerprint density at radius 2 is 2.09 bits per heavy atom. The predicted molar refractivity (Wildman–Crippen MR) is 93.8 cm³/mol. The molecule has 3 rings (SSSR count). The van der Waals surface area contributed by atoms with E-state index in [9.17, 15) is 9.90 Å². The minimum atomic E-state index is -0.000204. The Labute approximate surface area is 137 Å². The van der Waals surface area contributed by atoms with E-state index in [2.05, 4.69) is 29.8 Å². The number of pyridine rings is 1. The topological polar surface area (TPSA) is 56.3 Å². The molecule has 1 aromatic carbocycles. The summed E-state index contributed by atoms with van der Waals surface area (Å²) in [6.07, 6.45) is 3.17. The average molecular weight is 314 g/mol. The molecule has 23 heavy (non-hydrogen) atoms. The zero-order valence-electron chi connectivity index (χ0n) is 14.0. The first kappa shape index (κ1) is 16.2. The largest absolute Gasteiger partial charge is 0.395 e. The van der Waals surface area contributed by atoms with Gasteiger partial charge in [-0.25, -0.2) is 0 Å². The second kappa shape index (κ2) is 6.85. The highest BCUT2D eigenvalue weighted by molar-refractivity contribution is 5.85. The number of hydrogen-bond acceptors (Lipinski definition) is 3. The predicted octanol–water partition coefficient (Wildman–Crippen LogP) is 3.00.